The zero-order chi connectivity index (χ0) is 12.4. The van der Waals surface area contributed by atoms with Crippen LogP contribution >= 0.6 is 0 Å². The first-order valence-electron chi connectivity index (χ1n) is 7.07. The number of halogens is 1. The van der Waals surface area contributed by atoms with Crippen LogP contribution in [0.1, 0.15) is 42.9 Å². The minimum absolute atomic E-state index is 0.0342. The molecule has 2 aliphatic heterocycles. The van der Waals surface area contributed by atoms with E-state index in [0.29, 0.717) is 6.04 Å². The van der Waals surface area contributed by atoms with Gasteiger partial charge in [0, 0.05) is 18.2 Å². The Hall–Kier alpha value is -0.930. The molecular formula is C15H21FN2. The molecule has 3 rings (SSSR count). The molecule has 1 unspecified atom stereocenters. The normalized spacial score (nSPS) is 24.8. The van der Waals surface area contributed by atoms with Crippen molar-refractivity contribution in [3.8, 4) is 0 Å². The average molecular weight is 248 g/mol. The van der Waals surface area contributed by atoms with Gasteiger partial charge in [-0.1, -0.05) is 12.1 Å². The van der Waals surface area contributed by atoms with Gasteiger partial charge in [-0.15, -0.1) is 0 Å². The van der Waals surface area contributed by atoms with Crippen LogP contribution in [-0.2, 0) is 6.54 Å². The van der Waals surface area contributed by atoms with Crippen LogP contribution in [-0.4, -0.2) is 24.5 Å². The van der Waals surface area contributed by atoms with E-state index in [1.54, 1.807) is 6.07 Å². The lowest BCUT2D eigenvalue weighted by atomic mass is 10.0. The molecule has 0 saturated carbocycles. The van der Waals surface area contributed by atoms with Crippen molar-refractivity contribution in [2.24, 2.45) is 0 Å². The minimum atomic E-state index is -0.0342. The third-order valence-electron chi connectivity index (χ3n) is 4.13. The number of hydrogen-bond donors (Lipinski definition) is 1. The largest absolute Gasteiger partial charge is 0.310 e. The molecule has 0 aromatic heterocycles. The van der Waals surface area contributed by atoms with Crippen LogP contribution < -0.4 is 5.32 Å². The van der Waals surface area contributed by atoms with E-state index in [0.717, 1.165) is 43.7 Å². The van der Waals surface area contributed by atoms with Gasteiger partial charge < -0.3 is 5.32 Å². The third kappa shape index (κ3) is 2.57. The van der Waals surface area contributed by atoms with E-state index in [4.69, 9.17) is 0 Å². The maximum Gasteiger partial charge on any atom is 0.128 e. The first-order chi connectivity index (χ1) is 8.83. The van der Waals surface area contributed by atoms with Crippen molar-refractivity contribution in [3.05, 3.63) is 35.1 Å². The molecule has 0 aliphatic carbocycles. The summed E-state index contributed by atoms with van der Waals surface area (Å²) < 4.78 is 14.1. The molecule has 2 nitrogen and oxygen atoms in total. The molecule has 0 amide bonds. The Balaban J connectivity index is 1.71. The first-order valence-corrected chi connectivity index (χ1v) is 7.07. The Morgan fingerprint density at radius 2 is 2.06 bits per heavy atom. The zero-order valence-electron chi connectivity index (χ0n) is 10.8. The smallest absolute Gasteiger partial charge is 0.128 e. The van der Waals surface area contributed by atoms with Gasteiger partial charge in [-0.05, 0) is 56.9 Å². The van der Waals surface area contributed by atoms with E-state index in [2.05, 4.69) is 16.3 Å². The van der Waals surface area contributed by atoms with Gasteiger partial charge in [0.25, 0.3) is 0 Å². The number of rotatable bonds is 3. The Kier molecular flexibility index (Phi) is 3.62. The fraction of sp³-hybridized carbons (Fsp3) is 0.600. The summed E-state index contributed by atoms with van der Waals surface area (Å²) in [6.45, 7) is 4.06. The number of nitrogens with zero attached hydrogens (tertiary/aromatic N) is 1. The SMILES string of the molecule is Fc1cc(C2CCCN2)ccc1CN1CCCC1. The van der Waals surface area contributed by atoms with Crippen LogP contribution in [0.2, 0.25) is 0 Å². The molecule has 0 radical (unpaired) electrons. The van der Waals surface area contributed by atoms with E-state index in [1.807, 2.05) is 6.07 Å². The summed E-state index contributed by atoms with van der Waals surface area (Å²) in [6, 6.07) is 6.16. The van der Waals surface area contributed by atoms with Crippen LogP contribution in [0.25, 0.3) is 0 Å². The van der Waals surface area contributed by atoms with Crippen molar-refractivity contribution in [1.82, 2.24) is 10.2 Å². The second-order valence-electron chi connectivity index (χ2n) is 5.48. The van der Waals surface area contributed by atoms with Crippen molar-refractivity contribution in [1.29, 1.82) is 0 Å². The highest BCUT2D eigenvalue weighted by molar-refractivity contribution is 5.27. The van der Waals surface area contributed by atoms with Gasteiger partial charge >= 0.3 is 0 Å². The van der Waals surface area contributed by atoms with Crippen molar-refractivity contribution in [3.63, 3.8) is 0 Å². The summed E-state index contributed by atoms with van der Waals surface area (Å²) in [5.41, 5.74) is 1.95. The lowest BCUT2D eigenvalue weighted by Gasteiger charge is -2.17. The van der Waals surface area contributed by atoms with Gasteiger partial charge in [0.1, 0.15) is 5.82 Å². The fourth-order valence-electron chi connectivity index (χ4n) is 3.06. The molecule has 18 heavy (non-hydrogen) atoms. The molecule has 2 saturated heterocycles. The maximum absolute atomic E-state index is 14.1. The Labute approximate surface area is 108 Å². The van der Waals surface area contributed by atoms with E-state index in [-0.39, 0.29) is 5.82 Å². The Bertz CT molecular complexity index is 407. The quantitative estimate of drug-likeness (QED) is 0.885. The van der Waals surface area contributed by atoms with Gasteiger partial charge in [-0.25, -0.2) is 4.39 Å². The lowest BCUT2D eigenvalue weighted by Crippen LogP contribution is -2.19. The number of benzene rings is 1. The van der Waals surface area contributed by atoms with Gasteiger partial charge in [0.15, 0.2) is 0 Å². The van der Waals surface area contributed by atoms with Gasteiger partial charge in [-0.3, -0.25) is 4.90 Å². The highest BCUT2D eigenvalue weighted by atomic mass is 19.1. The summed E-state index contributed by atoms with van der Waals surface area (Å²) >= 11 is 0. The van der Waals surface area contributed by atoms with E-state index in [9.17, 15) is 4.39 Å². The average Bonchev–Trinajstić information content (AvgIpc) is 3.04. The van der Waals surface area contributed by atoms with Gasteiger partial charge in [-0.2, -0.15) is 0 Å². The second kappa shape index (κ2) is 5.37. The molecule has 2 heterocycles. The molecular weight excluding hydrogens is 227 g/mol. The highest BCUT2D eigenvalue weighted by Gasteiger charge is 2.18. The zero-order valence-corrected chi connectivity index (χ0v) is 10.8. The van der Waals surface area contributed by atoms with Crippen molar-refractivity contribution in [2.75, 3.05) is 19.6 Å². The second-order valence-corrected chi connectivity index (χ2v) is 5.48. The van der Waals surface area contributed by atoms with Crippen LogP contribution in [0.3, 0.4) is 0 Å². The number of nitrogens with one attached hydrogen (secondary N) is 1. The molecule has 1 atom stereocenters. The summed E-state index contributed by atoms with van der Waals surface area (Å²) in [5, 5.41) is 3.42. The number of likely N-dealkylation sites (tertiary alicyclic amines) is 1. The van der Waals surface area contributed by atoms with E-state index in [1.165, 1.54) is 19.3 Å². The molecule has 0 spiro atoms. The van der Waals surface area contributed by atoms with E-state index >= 15 is 0 Å². The van der Waals surface area contributed by atoms with Crippen molar-refractivity contribution < 1.29 is 4.39 Å². The Morgan fingerprint density at radius 1 is 1.22 bits per heavy atom. The molecule has 1 aromatic rings. The molecule has 98 valence electrons. The molecule has 2 fully saturated rings. The van der Waals surface area contributed by atoms with Crippen LogP contribution in [0.4, 0.5) is 4.39 Å². The minimum Gasteiger partial charge on any atom is -0.310 e. The monoisotopic (exact) mass is 248 g/mol. The summed E-state index contributed by atoms with van der Waals surface area (Å²) in [6.07, 6.45) is 4.84. The summed E-state index contributed by atoms with van der Waals surface area (Å²) in [7, 11) is 0. The molecule has 0 bridgehead atoms. The van der Waals surface area contributed by atoms with Gasteiger partial charge in [0.2, 0.25) is 0 Å². The molecule has 3 heteroatoms. The Morgan fingerprint density at radius 3 is 2.72 bits per heavy atom. The third-order valence-corrected chi connectivity index (χ3v) is 4.13. The highest BCUT2D eigenvalue weighted by Crippen LogP contribution is 2.25. The van der Waals surface area contributed by atoms with E-state index < -0.39 is 0 Å². The molecule has 2 aliphatic rings. The van der Waals surface area contributed by atoms with Crippen molar-refractivity contribution >= 4 is 0 Å². The van der Waals surface area contributed by atoms with Crippen LogP contribution in [0, 0.1) is 5.82 Å². The fourth-order valence-corrected chi connectivity index (χ4v) is 3.06. The summed E-state index contributed by atoms with van der Waals surface area (Å²) in [4.78, 5) is 2.34. The van der Waals surface area contributed by atoms with Crippen molar-refractivity contribution in [2.45, 2.75) is 38.3 Å². The topological polar surface area (TPSA) is 15.3 Å². The standard InChI is InChI=1S/C15H21FN2/c16-14-10-12(15-4-3-7-17-15)5-6-13(14)11-18-8-1-2-9-18/h5-6,10,15,17H,1-4,7-9,11H2. The summed E-state index contributed by atoms with van der Waals surface area (Å²) in [5.74, 6) is -0.0342. The van der Waals surface area contributed by atoms with Gasteiger partial charge in [0.05, 0.1) is 0 Å². The first kappa shape index (κ1) is 12.1. The molecule has 1 aromatic carbocycles. The predicted molar refractivity (Wildman–Crippen MR) is 70.9 cm³/mol. The molecule has 1 N–H and O–H groups in total. The number of hydrogen-bond acceptors (Lipinski definition) is 2. The predicted octanol–water partition coefficient (Wildman–Crippen LogP) is 2.85. The maximum atomic E-state index is 14.1. The van der Waals surface area contributed by atoms with Crippen LogP contribution in [0.15, 0.2) is 18.2 Å². The lowest BCUT2D eigenvalue weighted by molar-refractivity contribution is 0.325. The van der Waals surface area contributed by atoms with Crippen LogP contribution in [0.5, 0.6) is 0 Å².